The first-order valence-corrected chi connectivity index (χ1v) is 18.1. The lowest BCUT2D eigenvalue weighted by atomic mass is 9.92. The largest absolute Gasteiger partial charge is 0.496 e. The maximum absolute atomic E-state index is 14.1. The Hall–Kier alpha value is -3.38. The van der Waals surface area contributed by atoms with Gasteiger partial charge in [-0.2, -0.15) is 0 Å². The lowest BCUT2D eigenvalue weighted by molar-refractivity contribution is -0.166. The van der Waals surface area contributed by atoms with Crippen LogP contribution in [0.1, 0.15) is 85.5 Å². The van der Waals surface area contributed by atoms with Gasteiger partial charge in [-0.1, -0.05) is 59.7 Å². The molecule has 3 atom stereocenters. The van der Waals surface area contributed by atoms with Crippen molar-refractivity contribution in [1.82, 2.24) is 10.6 Å². The molecule has 0 radical (unpaired) electrons. The summed E-state index contributed by atoms with van der Waals surface area (Å²) in [5.41, 5.74) is -1.31. The molecule has 0 heterocycles. The van der Waals surface area contributed by atoms with Crippen LogP contribution in [0.4, 0.5) is 0 Å². The molecule has 12 heteroatoms. The zero-order valence-corrected chi connectivity index (χ0v) is 31.7. The molecule has 2 aromatic carbocycles. The van der Waals surface area contributed by atoms with Crippen molar-refractivity contribution in [2.24, 2.45) is 11.8 Å². The molecule has 3 unspecified atom stereocenters. The predicted octanol–water partition coefficient (Wildman–Crippen LogP) is 6.85. The number of rotatable bonds is 16. The number of carbonyl (C=O) groups is 4. The number of hydrogen-bond donors (Lipinski definition) is 2. The second-order valence-electron chi connectivity index (χ2n) is 14.2. The van der Waals surface area contributed by atoms with E-state index in [0.29, 0.717) is 23.5 Å². The molecular formula is C36H52N2O8S2. The van der Waals surface area contributed by atoms with Gasteiger partial charge in [-0.05, 0) is 91.5 Å². The first-order valence-electron chi connectivity index (χ1n) is 15.9. The highest BCUT2D eigenvalue weighted by atomic mass is 33.1. The molecule has 0 aromatic heterocycles. The number of ether oxygens (including phenoxy) is 4. The molecule has 266 valence electrons. The maximum Gasteiger partial charge on any atom is 0.329 e. The van der Waals surface area contributed by atoms with E-state index in [1.54, 1.807) is 72.9 Å². The number of amides is 2. The molecule has 2 aromatic rings. The van der Waals surface area contributed by atoms with Crippen LogP contribution in [0.15, 0.2) is 53.4 Å². The molecule has 2 amide bonds. The summed E-state index contributed by atoms with van der Waals surface area (Å²) < 4.78 is 21.4. The fourth-order valence-electron chi connectivity index (χ4n) is 4.58. The fraction of sp³-hybridized carbons (Fsp3) is 0.556. The minimum atomic E-state index is -1.32. The van der Waals surface area contributed by atoms with Crippen LogP contribution < -0.4 is 20.1 Å². The van der Waals surface area contributed by atoms with E-state index in [0.717, 1.165) is 4.90 Å². The fourth-order valence-corrected chi connectivity index (χ4v) is 7.27. The van der Waals surface area contributed by atoms with E-state index < -0.39 is 45.8 Å². The molecule has 0 aliphatic carbocycles. The van der Waals surface area contributed by atoms with Crippen LogP contribution >= 0.6 is 21.6 Å². The van der Waals surface area contributed by atoms with Gasteiger partial charge in [-0.15, -0.1) is 0 Å². The van der Waals surface area contributed by atoms with Gasteiger partial charge in [0.05, 0.1) is 24.7 Å². The third kappa shape index (κ3) is 13.6. The van der Waals surface area contributed by atoms with Gasteiger partial charge in [0.25, 0.3) is 5.91 Å². The lowest BCUT2D eigenvalue weighted by Crippen LogP contribution is -2.51. The summed E-state index contributed by atoms with van der Waals surface area (Å²) in [6.07, 6.45) is 0.280. The molecule has 2 rings (SSSR count). The number of benzene rings is 2. The Labute approximate surface area is 293 Å². The Morgan fingerprint density at radius 1 is 0.771 bits per heavy atom. The van der Waals surface area contributed by atoms with E-state index in [4.69, 9.17) is 18.9 Å². The van der Waals surface area contributed by atoms with Gasteiger partial charge in [-0.3, -0.25) is 14.4 Å². The van der Waals surface area contributed by atoms with E-state index in [9.17, 15) is 19.2 Å². The van der Waals surface area contributed by atoms with Gasteiger partial charge >= 0.3 is 11.9 Å². The highest BCUT2D eigenvalue weighted by molar-refractivity contribution is 8.77. The zero-order chi connectivity index (χ0) is 36.3. The highest BCUT2D eigenvalue weighted by Gasteiger charge is 2.41. The molecule has 0 saturated heterocycles. The van der Waals surface area contributed by atoms with Gasteiger partial charge in [-0.25, -0.2) is 4.79 Å². The number of methoxy groups -OCH3 is 2. The van der Waals surface area contributed by atoms with Crippen LogP contribution in [0, 0.1) is 11.8 Å². The molecule has 0 saturated carbocycles. The van der Waals surface area contributed by atoms with Crippen molar-refractivity contribution in [3.8, 4) is 11.5 Å². The Bertz CT molecular complexity index is 1400. The average Bonchev–Trinajstić information content (AvgIpc) is 2.99. The van der Waals surface area contributed by atoms with Crippen molar-refractivity contribution >= 4 is 45.3 Å². The average molecular weight is 705 g/mol. The van der Waals surface area contributed by atoms with Crippen LogP contribution in [-0.4, -0.2) is 66.5 Å². The van der Waals surface area contributed by atoms with Crippen molar-refractivity contribution in [2.75, 3.05) is 20.8 Å². The molecule has 2 N–H and O–H groups in total. The molecular weight excluding hydrogens is 653 g/mol. The van der Waals surface area contributed by atoms with E-state index in [1.165, 1.54) is 28.7 Å². The summed E-state index contributed by atoms with van der Waals surface area (Å²) in [4.78, 5) is 55.2. The smallest absolute Gasteiger partial charge is 0.329 e. The van der Waals surface area contributed by atoms with Crippen molar-refractivity contribution < 1.29 is 38.1 Å². The summed E-state index contributed by atoms with van der Waals surface area (Å²) >= 11 is 0. The number of para-hydroxylation sites is 2. The summed E-state index contributed by atoms with van der Waals surface area (Å²) in [5, 5.41) is 5.78. The third-order valence-corrected chi connectivity index (χ3v) is 10.0. The number of esters is 2. The van der Waals surface area contributed by atoms with E-state index in [2.05, 4.69) is 10.6 Å². The summed E-state index contributed by atoms with van der Waals surface area (Å²) in [7, 11) is 5.86. The first-order chi connectivity index (χ1) is 22.3. The van der Waals surface area contributed by atoms with Crippen molar-refractivity contribution in [2.45, 2.75) is 102 Å². The number of nitrogens with one attached hydrogen (secondary N) is 2. The minimum Gasteiger partial charge on any atom is -0.496 e. The molecule has 0 aliphatic heterocycles. The Balaban J connectivity index is 2.50. The van der Waals surface area contributed by atoms with Crippen LogP contribution in [0.25, 0.3) is 0 Å². The number of hydrogen-bond acceptors (Lipinski definition) is 10. The normalized spacial score (nSPS) is 14.2. The highest BCUT2D eigenvalue weighted by Crippen LogP contribution is 2.47. The first kappa shape index (κ1) is 40.8. The van der Waals surface area contributed by atoms with Crippen LogP contribution in [0.5, 0.6) is 11.5 Å². The Morgan fingerprint density at radius 2 is 1.31 bits per heavy atom. The molecule has 48 heavy (non-hydrogen) atoms. The van der Waals surface area contributed by atoms with Crippen molar-refractivity contribution in [3.63, 3.8) is 0 Å². The second kappa shape index (κ2) is 17.9. The van der Waals surface area contributed by atoms with E-state index >= 15 is 0 Å². The topological polar surface area (TPSA) is 129 Å². The monoisotopic (exact) mass is 704 g/mol. The van der Waals surface area contributed by atoms with E-state index in [-0.39, 0.29) is 24.8 Å². The minimum absolute atomic E-state index is 0.0323. The zero-order valence-electron chi connectivity index (χ0n) is 30.1. The summed E-state index contributed by atoms with van der Waals surface area (Å²) in [5.74, 6) is -2.56. The SMILES string of the molecule is COc1ccccc1SSC(C)(CNC(=O)c1ccccc1OC)CC(C(=O)NC(CC(C)C)C(=O)OC(C)(C)C)C(=O)OC(C)(C)C. The van der Waals surface area contributed by atoms with E-state index in [1.807, 2.05) is 45.0 Å². The lowest BCUT2D eigenvalue weighted by Gasteiger charge is -2.33. The van der Waals surface area contributed by atoms with Gasteiger partial charge in [0.1, 0.15) is 34.7 Å². The molecule has 0 fully saturated rings. The second-order valence-corrected chi connectivity index (χ2v) is 16.9. The van der Waals surface area contributed by atoms with Gasteiger partial charge in [0, 0.05) is 11.3 Å². The standard InChI is InChI=1S/C36H52N2O8S2/c1-23(2)20-26(33(42)46-35(6,7)8)38-31(40)25(32(41)45-34(3,4)5)21-36(9,48-47-29-19-15-14-18-28(29)44-11)22-37-30(39)24-16-12-13-17-27(24)43-10/h12-19,23,25-26H,20-22H2,1-11H3,(H,37,39)(H,38,40). The van der Waals surface area contributed by atoms with Crippen LogP contribution in [0.3, 0.4) is 0 Å². The molecule has 0 bridgehead atoms. The predicted molar refractivity (Wildman–Crippen MR) is 191 cm³/mol. The van der Waals surface area contributed by atoms with Gasteiger partial charge < -0.3 is 29.6 Å². The van der Waals surface area contributed by atoms with Crippen LogP contribution in [-0.2, 0) is 23.9 Å². The third-order valence-electron chi connectivity index (χ3n) is 6.73. The van der Waals surface area contributed by atoms with Crippen molar-refractivity contribution in [1.29, 1.82) is 0 Å². The number of carbonyl (C=O) groups excluding carboxylic acids is 4. The quantitative estimate of drug-likeness (QED) is 0.109. The van der Waals surface area contributed by atoms with Gasteiger partial charge in [0.2, 0.25) is 5.91 Å². The summed E-state index contributed by atoms with van der Waals surface area (Å²) in [6, 6.07) is 13.4. The maximum atomic E-state index is 14.1. The van der Waals surface area contributed by atoms with Crippen LogP contribution in [0.2, 0.25) is 0 Å². The van der Waals surface area contributed by atoms with Gasteiger partial charge in [0.15, 0.2) is 0 Å². The van der Waals surface area contributed by atoms with Crippen molar-refractivity contribution in [3.05, 3.63) is 54.1 Å². The molecule has 0 spiro atoms. The molecule has 0 aliphatic rings. The Kier molecular flexibility index (Phi) is 15.2. The molecule has 10 nitrogen and oxygen atoms in total. The Morgan fingerprint density at radius 3 is 1.88 bits per heavy atom. The summed E-state index contributed by atoms with van der Waals surface area (Å²) in [6.45, 7) is 16.2.